The Hall–Kier alpha value is -2.69. The van der Waals surface area contributed by atoms with Gasteiger partial charge in [0.2, 0.25) is 0 Å². The van der Waals surface area contributed by atoms with E-state index in [0.29, 0.717) is 12.2 Å². The largest absolute Gasteiger partial charge is 0.337 e. The van der Waals surface area contributed by atoms with Crippen LogP contribution in [0.25, 0.3) is 10.9 Å². The molecule has 5 heteroatoms. The van der Waals surface area contributed by atoms with Gasteiger partial charge in [0.15, 0.2) is 0 Å². The summed E-state index contributed by atoms with van der Waals surface area (Å²) in [4.78, 5) is 24.1. The van der Waals surface area contributed by atoms with Crippen LogP contribution in [0.2, 0.25) is 0 Å². The van der Waals surface area contributed by atoms with Gasteiger partial charge in [-0.15, -0.1) is 0 Å². The summed E-state index contributed by atoms with van der Waals surface area (Å²) in [6.45, 7) is 3.46. The Morgan fingerprint density at radius 3 is 2.61 bits per heavy atom. The first-order valence-corrected chi connectivity index (χ1v) is 10.3. The highest BCUT2D eigenvalue weighted by Gasteiger charge is 2.19. The highest BCUT2D eigenvalue weighted by atomic mass is 16.2. The van der Waals surface area contributed by atoms with Gasteiger partial charge in [0.05, 0.1) is 12.1 Å². The molecule has 28 heavy (non-hydrogen) atoms. The van der Waals surface area contributed by atoms with Crippen LogP contribution in [-0.4, -0.2) is 31.9 Å². The monoisotopic (exact) mass is 378 g/mol. The normalized spacial score (nSPS) is 11.1. The summed E-state index contributed by atoms with van der Waals surface area (Å²) < 4.78 is 1.97. The van der Waals surface area contributed by atoms with E-state index >= 15 is 0 Å². The Morgan fingerprint density at radius 2 is 1.82 bits per heavy atom. The number of hydrogen-bond donors (Lipinski definition) is 0. The highest BCUT2D eigenvalue weighted by Crippen LogP contribution is 2.15. The van der Waals surface area contributed by atoms with Gasteiger partial charge >= 0.3 is 0 Å². The summed E-state index contributed by atoms with van der Waals surface area (Å²) in [5, 5.41) is 1.05. The molecule has 3 aromatic rings. The number of aryl methyl sites for hydroxylation is 1. The van der Waals surface area contributed by atoms with Gasteiger partial charge in [-0.3, -0.25) is 4.79 Å². The Morgan fingerprint density at radius 1 is 1.04 bits per heavy atom. The lowest BCUT2D eigenvalue weighted by atomic mass is 10.1. The number of fused-ring (bicyclic) bond motifs is 1. The van der Waals surface area contributed by atoms with Crippen LogP contribution in [0.15, 0.2) is 48.8 Å². The lowest BCUT2D eigenvalue weighted by Crippen LogP contribution is -2.33. The quantitative estimate of drug-likeness (QED) is 0.468. The molecule has 0 bridgehead atoms. The van der Waals surface area contributed by atoms with Crippen LogP contribution in [0.3, 0.4) is 0 Å². The number of hydrogen-bond acceptors (Lipinski definition) is 3. The number of imidazole rings is 1. The van der Waals surface area contributed by atoms with Crippen LogP contribution in [0, 0.1) is 0 Å². The zero-order valence-electron chi connectivity index (χ0n) is 17.0. The van der Waals surface area contributed by atoms with Crippen LogP contribution in [0.5, 0.6) is 0 Å². The van der Waals surface area contributed by atoms with Gasteiger partial charge in [-0.1, -0.05) is 63.3 Å². The molecule has 0 aliphatic rings. The third-order valence-corrected chi connectivity index (χ3v) is 5.14. The number of unbranched alkanes of at least 4 members (excludes halogenated alkanes) is 5. The molecular weight excluding hydrogens is 348 g/mol. The molecule has 0 aliphatic heterocycles. The third-order valence-electron chi connectivity index (χ3n) is 5.14. The van der Waals surface area contributed by atoms with E-state index in [2.05, 4.69) is 16.9 Å². The molecule has 0 unspecified atom stereocenters. The Labute approximate surface area is 167 Å². The van der Waals surface area contributed by atoms with E-state index in [1.165, 1.54) is 25.7 Å². The number of amides is 1. The Bertz CT molecular complexity index is 902. The van der Waals surface area contributed by atoms with E-state index in [4.69, 9.17) is 0 Å². The molecule has 2 aromatic heterocycles. The average molecular weight is 379 g/mol. The predicted molar refractivity (Wildman–Crippen MR) is 113 cm³/mol. The average Bonchev–Trinajstić information content (AvgIpc) is 3.13. The number of carbonyl (C=O) groups excluding carboxylic acids is 1. The smallest absolute Gasteiger partial charge is 0.272 e. The molecule has 0 radical (unpaired) electrons. The molecule has 5 nitrogen and oxygen atoms in total. The van der Waals surface area contributed by atoms with Gasteiger partial charge in [0.25, 0.3) is 5.91 Å². The Balaban J connectivity index is 1.72. The zero-order valence-corrected chi connectivity index (χ0v) is 17.0. The summed E-state index contributed by atoms with van der Waals surface area (Å²) in [5.41, 5.74) is 1.35. The van der Waals surface area contributed by atoms with Crippen molar-refractivity contribution in [2.75, 3.05) is 6.54 Å². The van der Waals surface area contributed by atoms with E-state index in [1.807, 2.05) is 59.1 Å². The van der Waals surface area contributed by atoms with Crippen LogP contribution in [-0.2, 0) is 13.6 Å². The molecule has 0 saturated heterocycles. The molecule has 0 saturated carbocycles. The fraction of sp³-hybridized carbons (Fsp3) is 0.435. The fourth-order valence-electron chi connectivity index (χ4n) is 3.40. The van der Waals surface area contributed by atoms with Crippen LogP contribution in [0.4, 0.5) is 0 Å². The number of rotatable bonds is 10. The van der Waals surface area contributed by atoms with Crippen molar-refractivity contribution in [2.24, 2.45) is 7.05 Å². The molecule has 0 spiro atoms. The maximum atomic E-state index is 13.2. The molecule has 0 N–H and O–H groups in total. The zero-order chi connectivity index (χ0) is 19.8. The molecule has 2 heterocycles. The number of benzene rings is 1. The molecule has 0 atom stereocenters. The van der Waals surface area contributed by atoms with E-state index in [1.54, 1.807) is 6.20 Å². The summed E-state index contributed by atoms with van der Waals surface area (Å²) in [6, 6.07) is 11.7. The predicted octanol–water partition coefficient (Wildman–Crippen LogP) is 4.97. The SMILES string of the molecule is CCCCCCCCN(Cc1nccn1C)C(=O)c1ccc2ccccc2n1. The molecule has 0 fully saturated rings. The molecular formula is C23H30N4O. The second kappa shape index (κ2) is 10.0. The second-order valence-electron chi connectivity index (χ2n) is 7.34. The van der Waals surface area contributed by atoms with Crippen LogP contribution >= 0.6 is 0 Å². The molecule has 148 valence electrons. The topological polar surface area (TPSA) is 51.0 Å². The van der Waals surface area contributed by atoms with Crippen molar-refractivity contribution < 1.29 is 4.79 Å². The van der Waals surface area contributed by atoms with Crippen molar-refractivity contribution in [3.8, 4) is 0 Å². The van der Waals surface area contributed by atoms with Crippen molar-refractivity contribution >= 4 is 16.8 Å². The van der Waals surface area contributed by atoms with Crippen molar-refractivity contribution in [2.45, 2.75) is 52.0 Å². The standard InChI is InChI=1S/C23H30N4O/c1-3-4-5-6-7-10-16-27(18-22-24-15-17-26(22)2)23(28)21-14-13-19-11-8-9-12-20(19)25-21/h8-9,11-15,17H,3-7,10,16,18H2,1-2H3. The van der Waals surface area contributed by atoms with Gasteiger partial charge < -0.3 is 9.47 Å². The number of nitrogens with zero attached hydrogens (tertiary/aromatic N) is 4. The molecule has 1 amide bonds. The summed E-state index contributed by atoms with van der Waals surface area (Å²) in [5.74, 6) is 0.863. The summed E-state index contributed by atoms with van der Waals surface area (Å²) >= 11 is 0. The van der Waals surface area contributed by atoms with Gasteiger partial charge in [0.1, 0.15) is 11.5 Å². The first kappa shape index (κ1) is 20.1. The van der Waals surface area contributed by atoms with Crippen molar-refractivity contribution in [3.05, 3.63) is 60.3 Å². The number of aromatic nitrogens is 3. The van der Waals surface area contributed by atoms with Crippen molar-refractivity contribution in [1.29, 1.82) is 0 Å². The van der Waals surface area contributed by atoms with Gasteiger partial charge in [-0.05, 0) is 18.6 Å². The Kier molecular flexibility index (Phi) is 7.18. The minimum absolute atomic E-state index is 0.0256. The minimum atomic E-state index is -0.0256. The summed E-state index contributed by atoms with van der Waals surface area (Å²) in [7, 11) is 1.96. The maximum Gasteiger partial charge on any atom is 0.272 e. The van der Waals surface area contributed by atoms with Crippen LogP contribution in [0.1, 0.15) is 61.8 Å². The van der Waals surface area contributed by atoms with Gasteiger partial charge in [0, 0.05) is 31.4 Å². The first-order valence-electron chi connectivity index (χ1n) is 10.3. The number of carbonyl (C=O) groups is 1. The van der Waals surface area contributed by atoms with Crippen molar-refractivity contribution in [3.63, 3.8) is 0 Å². The minimum Gasteiger partial charge on any atom is -0.337 e. The van der Waals surface area contributed by atoms with Gasteiger partial charge in [-0.25, -0.2) is 9.97 Å². The third kappa shape index (κ3) is 5.18. The van der Waals surface area contributed by atoms with Crippen LogP contribution < -0.4 is 0 Å². The van der Waals surface area contributed by atoms with E-state index in [0.717, 1.165) is 36.1 Å². The lowest BCUT2D eigenvalue weighted by Gasteiger charge is -2.22. The lowest BCUT2D eigenvalue weighted by molar-refractivity contribution is 0.0728. The maximum absolute atomic E-state index is 13.2. The van der Waals surface area contributed by atoms with E-state index in [-0.39, 0.29) is 5.91 Å². The van der Waals surface area contributed by atoms with Crippen molar-refractivity contribution in [1.82, 2.24) is 19.4 Å². The first-order chi connectivity index (χ1) is 13.7. The van der Waals surface area contributed by atoms with E-state index in [9.17, 15) is 4.79 Å². The summed E-state index contributed by atoms with van der Waals surface area (Å²) in [6.07, 6.45) is 10.9. The van der Waals surface area contributed by atoms with E-state index < -0.39 is 0 Å². The molecule has 1 aromatic carbocycles. The van der Waals surface area contributed by atoms with Gasteiger partial charge in [-0.2, -0.15) is 0 Å². The molecule has 0 aliphatic carbocycles. The highest BCUT2D eigenvalue weighted by molar-refractivity contribution is 5.94. The number of para-hydroxylation sites is 1. The number of pyridine rings is 1. The second-order valence-corrected chi connectivity index (χ2v) is 7.34. The molecule has 3 rings (SSSR count). The fourth-order valence-corrected chi connectivity index (χ4v) is 3.40.